The van der Waals surface area contributed by atoms with E-state index in [9.17, 15) is 19.1 Å². The lowest BCUT2D eigenvalue weighted by atomic mass is 9.93. The largest absolute Gasteiger partial charge is 0.476 e. The maximum atomic E-state index is 14.9. The van der Waals surface area contributed by atoms with Crippen molar-refractivity contribution in [3.63, 3.8) is 0 Å². The highest BCUT2D eigenvalue weighted by Gasteiger charge is 2.34. The maximum Gasteiger partial charge on any atom is 0.254 e. The molecule has 14 heteroatoms. The average molecular weight is 661 g/mol. The van der Waals surface area contributed by atoms with Crippen molar-refractivity contribution in [1.82, 2.24) is 29.5 Å². The average Bonchev–Trinajstić information content (AvgIpc) is 3.53. The third kappa shape index (κ3) is 6.44. The summed E-state index contributed by atoms with van der Waals surface area (Å²) < 4.78 is 21.7. The quantitative estimate of drug-likeness (QED) is 0.257. The fourth-order valence-corrected chi connectivity index (χ4v) is 6.48. The van der Waals surface area contributed by atoms with E-state index in [1.165, 1.54) is 6.07 Å². The topological polar surface area (TPSA) is 148 Å². The number of amides is 2. The van der Waals surface area contributed by atoms with Gasteiger partial charge in [-0.1, -0.05) is 11.6 Å². The smallest absolute Gasteiger partial charge is 0.254 e. The summed E-state index contributed by atoms with van der Waals surface area (Å²) in [4.78, 5) is 39.2. The second kappa shape index (κ2) is 13.9. The van der Waals surface area contributed by atoms with E-state index in [0.717, 1.165) is 5.56 Å². The summed E-state index contributed by atoms with van der Waals surface area (Å²) in [5.74, 6) is -0.611. The number of hydrogen-bond donors (Lipinski definition) is 3. The van der Waals surface area contributed by atoms with Gasteiger partial charge in [-0.15, -0.1) is 0 Å². The Morgan fingerprint density at radius 1 is 1.21 bits per heavy atom. The van der Waals surface area contributed by atoms with E-state index in [1.807, 2.05) is 13.0 Å². The molecule has 0 radical (unpaired) electrons. The zero-order chi connectivity index (χ0) is 33.1. The molecule has 244 valence electrons. The number of nitrogens with zero attached hydrogens (tertiary/aromatic N) is 6. The van der Waals surface area contributed by atoms with Crippen molar-refractivity contribution in [3.8, 4) is 23.1 Å². The van der Waals surface area contributed by atoms with Gasteiger partial charge in [0.2, 0.25) is 5.91 Å². The molecule has 4 heterocycles. The van der Waals surface area contributed by atoms with Gasteiger partial charge < -0.3 is 30.3 Å². The number of aromatic nitrogens is 3. The fourth-order valence-electron chi connectivity index (χ4n) is 6.22. The first-order chi connectivity index (χ1) is 22.8. The Labute approximate surface area is 275 Å². The summed E-state index contributed by atoms with van der Waals surface area (Å²) in [6.07, 6.45) is 6.02. The molecular formula is C33H34ClFN8O4. The summed E-state index contributed by atoms with van der Waals surface area (Å²) in [5, 5.41) is 24.8. The van der Waals surface area contributed by atoms with Gasteiger partial charge in [-0.2, -0.15) is 5.26 Å². The lowest BCUT2D eigenvalue weighted by Crippen LogP contribution is -2.57. The number of hydrogen-bond acceptors (Lipinski definition) is 9. The number of rotatable bonds is 8. The lowest BCUT2D eigenvalue weighted by molar-refractivity contribution is -0.141. The molecule has 0 spiro atoms. The van der Waals surface area contributed by atoms with Gasteiger partial charge >= 0.3 is 0 Å². The number of carbonyl (C=O) groups is 2. The number of aliphatic hydroxyl groups is 1. The Kier molecular flexibility index (Phi) is 9.53. The maximum absolute atomic E-state index is 14.9. The Morgan fingerprint density at radius 2 is 2.02 bits per heavy atom. The van der Waals surface area contributed by atoms with E-state index in [0.29, 0.717) is 79.5 Å². The van der Waals surface area contributed by atoms with E-state index in [1.54, 1.807) is 57.1 Å². The van der Waals surface area contributed by atoms with Crippen molar-refractivity contribution in [2.75, 3.05) is 51.3 Å². The SMILES string of the molecule is Cc1cc(Nc2nccn3c(-c4ccc(OCC#N)c(F)c4Cl)cnc23)ccc1C(=O)N1CCC(C(=O)N2CCNC[C@@H]2CO)CC1. The molecule has 12 nitrogen and oxygen atoms in total. The van der Waals surface area contributed by atoms with Gasteiger partial charge in [0, 0.05) is 67.8 Å². The first-order valence-electron chi connectivity index (χ1n) is 15.4. The van der Waals surface area contributed by atoms with Gasteiger partial charge in [0.05, 0.1) is 29.6 Å². The van der Waals surface area contributed by atoms with Crippen LogP contribution in [-0.2, 0) is 4.79 Å². The molecule has 3 N–H and O–H groups in total. The van der Waals surface area contributed by atoms with E-state index >= 15 is 0 Å². The molecule has 0 saturated carbocycles. The second-order valence-corrected chi connectivity index (χ2v) is 12.0. The summed E-state index contributed by atoms with van der Waals surface area (Å²) in [6.45, 7) is 4.36. The Bertz CT molecular complexity index is 1850. The van der Waals surface area contributed by atoms with Gasteiger partial charge in [-0.3, -0.25) is 14.0 Å². The van der Waals surface area contributed by atoms with E-state index in [-0.39, 0.29) is 47.8 Å². The van der Waals surface area contributed by atoms with Crippen LogP contribution in [0.15, 0.2) is 48.9 Å². The van der Waals surface area contributed by atoms with Crippen LogP contribution in [0.1, 0.15) is 28.8 Å². The molecule has 2 aromatic heterocycles. The van der Waals surface area contributed by atoms with Gasteiger partial charge in [0.25, 0.3) is 5.91 Å². The molecule has 1 atom stereocenters. The predicted molar refractivity (Wildman–Crippen MR) is 173 cm³/mol. The third-order valence-corrected chi connectivity index (χ3v) is 9.11. The number of halogens is 2. The number of aliphatic hydroxyl groups excluding tert-OH is 1. The Hall–Kier alpha value is -4.77. The zero-order valence-corrected chi connectivity index (χ0v) is 26.5. The van der Waals surface area contributed by atoms with Crippen molar-refractivity contribution >= 4 is 40.6 Å². The van der Waals surface area contributed by atoms with Crippen LogP contribution in [0.4, 0.5) is 15.9 Å². The number of aryl methyl sites for hydroxylation is 1. The second-order valence-electron chi connectivity index (χ2n) is 11.6. The van der Waals surface area contributed by atoms with E-state index in [2.05, 4.69) is 20.6 Å². The fraction of sp³-hybridized carbons (Fsp3) is 0.364. The first-order valence-corrected chi connectivity index (χ1v) is 15.8. The Morgan fingerprint density at radius 3 is 2.77 bits per heavy atom. The standard InChI is InChI=1S/C33H34ClFN8O4/c1-20-16-22(2-3-24(20)33(46)41-11-6-21(7-12-41)32(45)42-13-9-37-17-23(42)19-44)40-30-31-39-18-26(43(31)14-10-38-30)25-4-5-27(47-15-8-36)29(35)28(25)34/h2-5,10,14,16,18,21,23,37,44H,6-7,9,11-13,15,17,19H2,1H3,(H,38,40)/t23-/m1/s1. The first kappa shape index (κ1) is 32.2. The number of piperidine rings is 1. The molecule has 47 heavy (non-hydrogen) atoms. The number of nitriles is 1. The minimum Gasteiger partial charge on any atom is -0.476 e. The van der Waals surface area contributed by atoms with E-state index in [4.69, 9.17) is 21.6 Å². The van der Waals surface area contributed by atoms with Crippen molar-refractivity contribution < 1.29 is 23.8 Å². The molecule has 0 unspecified atom stereocenters. The molecule has 0 aliphatic carbocycles. The summed E-state index contributed by atoms with van der Waals surface area (Å²) in [7, 11) is 0. The van der Waals surface area contributed by atoms with Gasteiger partial charge in [-0.05, 0) is 55.7 Å². The van der Waals surface area contributed by atoms with Crippen molar-refractivity contribution in [3.05, 3.63) is 70.9 Å². The van der Waals surface area contributed by atoms with Crippen LogP contribution >= 0.6 is 11.6 Å². The molecule has 2 amide bonds. The molecule has 2 aliphatic rings. The monoisotopic (exact) mass is 660 g/mol. The van der Waals surface area contributed by atoms with Gasteiger partial charge in [0.1, 0.15) is 6.07 Å². The van der Waals surface area contributed by atoms with Crippen LogP contribution in [0.2, 0.25) is 5.02 Å². The van der Waals surface area contributed by atoms with Crippen molar-refractivity contribution in [2.45, 2.75) is 25.8 Å². The van der Waals surface area contributed by atoms with E-state index < -0.39 is 5.82 Å². The highest BCUT2D eigenvalue weighted by atomic mass is 35.5. The summed E-state index contributed by atoms with van der Waals surface area (Å²) in [6, 6.07) is 10.1. The molecule has 0 bridgehead atoms. The van der Waals surface area contributed by atoms with Crippen LogP contribution in [0, 0.1) is 30.0 Å². The Balaban J connectivity index is 1.13. The minimum absolute atomic E-state index is 0.0623. The van der Waals surface area contributed by atoms with Crippen molar-refractivity contribution in [1.29, 1.82) is 5.26 Å². The van der Waals surface area contributed by atoms with Crippen LogP contribution < -0.4 is 15.4 Å². The van der Waals surface area contributed by atoms with Crippen LogP contribution in [-0.4, -0.2) is 93.1 Å². The number of imidazole rings is 1. The number of anilines is 2. The zero-order valence-electron chi connectivity index (χ0n) is 25.7. The number of ether oxygens (including phenoxy) is 1. The van der Waals surface area contributed by atoms with Crippen LogP contribution in [0.25, 0.3) is 16.9 Å². The number of likely N-dealkylation sites (tertiary alicyclic amines) is 1. The van der Waals surface area contributed by atoms with Crippen molar-refractivity contribution in [2.24, 2.45) is 5.92 Å². The van der Waals surface area contributed by atoms with Crippen LogP contribution in [0.5, 0.6) is 5.75 Å². The molecular weight excluding hydrogens is 627 g/mol. The number of piperazine rings is 1. The minimum atomic E-state index is -0.767. The number of benzene rings is 2. The molecule has 4 aromatic rings. The molecule has 2 aromatic carbocycles. The number of nitrogens with one attached hydrogen (secondary N) is 2. The third-order valence-electron chi connectivity index (χ3n) is 8.74. The van der Waals surface area contributed by atoms with Gasteiger partial charge in [0.15, 0.2) is 29.6 Å². The normalized spacial score (nSPS) is 17.0. The predicted octanol–water partition coefficient (Wildman–Crippen LogP) is 3.79. The molecule has 6 rings (SSSR count). The number of carbonyl (C=O) groups excluding carboxylic acids is 2. The van der Waals surface area contributed by atoms with Gasteiger partial charge in [-0.25, -0.2) is 14.4 Å². The highest BCUT2D eigenvalue weighted by Crippen LogP contribution is 2.36. The molecule has 2 saturated heterocycles. The van der Waals surface area contributed by atoms with Crippen LogP contribution in [0.3, 0.4) is 0 Å². The molecule has 2 fully saturated rings. The lowest BCUT2D eigenvalue weighted by Gasteiger charge is -2.39. The highest BCUT2D eigenvalue weighted by molar-refractivity contribution is 6.33. The summed E-state index contributed by atoms with van der Waals surface area (Å²) in [5.41, 5.74) is 3.46. The number of fused-ring (bicyclic) bond motifs is 1. The summed E-state index contributed by atoms with van der Waals surface area (Å²) >= 11 is 6.35. The molecule has 2 aliphatic heterocycles.